The fourth-order valence-corrected chi connectivity index (χ4v) is 4.35. The van der Waals surface area contributed by atoms with Crippen LogP contribution in [0, 0.1) is 11.3 Å². The van der Waals surface area contributed by atoms with Crippen LogP contribution in [0.4, 0.5) is 18.9 Å². The van der Waals surface area contributed by atoms with E-state index in [1.54, 1.807) is 0 Å². The molecule has 1 amide bonds. The van der Waals surface area contributed by atoms with Gasteiger partial charge >= 0.3 is 6.18 Å². The maximum Gasteiger partial charge on any atom is 0.416 e. The molecule has 1 atom stereocenters. The predicted octanol–water partition coefficient (Wildman–Crippen LogP) is 5.26. The van der Waals surface area contributed by atoms with E-state index in [2.05, 4.69) is 21.2 Å². The number of alkyl halides is 3. The second-order valence-electron chi connectivity index (χ2n) is 8.79. The van der Waals surface area contributed by atoms with Gasteiger partial charge in [0.05, 0.1) is 23.2 Å². The van der Waals surface area contributed by atoms with Crippen LogP contribution >= 0.6 is 0 Å². The van der Waals surface area contributed by atoms with Gasteiger partial charge in [0.15, 0.2) is 0 Å². The third-order valence-electron chi connectivity index (χ3n) is 6.45. The molecule has 0 spiro atoms. The van der Waals surface area contributed by atoms with E-state index in [0.717, 1.165) is 56.1 Å². The Labute approximate surface area is 208 Å². The van der Waals surface area contributed by atoms with E-state index in [4.69, 9.17) is 5.26 Å². The lowest BCUT2D eigenvalue weighted by Gasteiger charge is -2.36. The van der Waals surface area contributed by atoms with Crippen LogP contribution in [0.15, 0.2) is 78.9 Å². The van der Waals surface area contributed by atoms with Crippen LogP contribution in [0.1, 0.15) is 39.5 Å². The van der Waals surface area contributed by atoms with Gasteiger partial charge in [-0.3, -0.25) is 9.69 Å². The van der Waals surface area contributed by atoms with E-state index >= 15 is 0 Å². The van der Waals surface area contributed by atoms with Gasteiger partial charge in [0.1, 0.15) is 0 Å². The highest BCUT2D eigenvalue weighted by molar-refractivity contribution is 5.94. The van der Waals surface area contributed by atoms with E-state index in [9.17, 15) is 18.0 Å². The zero-order valence-electron chi connectivity index (χ0n) is 19.7. The summed E-state index contributed by atoms with van der Waals surface area (Å²) in [6.07, 6.45) is -3.76. The molecule has 1 saturated heterocycles. The van der Waals surface area contributed by atoms with Gasteiger partial charge in [-0.25, -0.2) is 0 Å². The van der Waals surface area contributed by atoms with E-state index in [1.165, 1.54) is 12.1 Å². The van der Waals surface area contributed by atoms with Crippen molar-refractivity contribution in [3.05, 3.63) is 101 Å². The molecule has 8 heteroatoms. The predicted molar refractivity (Wildman–Crippen MR) is 133 cm³/mol. The minimum Gasteiger partial charge on any atom is -0.369 e. The molecule has 3 aromatic carbocycles. The molecule has 0 aliphatic carbocycles. The second kappa shape index (κ2) is 11.3. The molecule has 0 radical (unpaired) electrons. The smallest absolute Gasteiger partial charge is 0.369 e. The molecule has 1 heterocycles. The van der Waals surface area contributed by atoms with Crippen molar-refractivity contribution in [1.82, 2.24) is 10.2 Å². The van der Waals surface area contributed by atoms with Crippen LogP contribution in [0.2, 0.25) is 0 Å². The Bertz CT molecular complexity index is 1180. The van der Waals surface area contributed by atoms with Gasteiger partial charge < -0.3 is 10.2 Å². The lowest BCUT2D eigenvalue weighted by atomic mass is 10.0. The molecule has 3 aromatic rings. The fourth-order valence-electron chi connectivity index (χ4n) is 4.35. The molecule has 4 rings (SSSR count). The standard InChI is InChI=1S/C28H27F3N4O/c29-28(30,31)24-10-8-23(9-11-24)27(36)33-26(22-4-2-1-3-5-22)14-15-34-16-18-35(19-17-34)25-12-6-21(20-32)7-13-25/h1-13,26H,14-19H2,(H,33,36). The quantitative estimate of drug-likeness (QED) is 0.489. The number of nitriles is 1. The van der Waals surface area contributed by atoms with E-state index in [1.807, 2.05) is 54.6 Å². The molecule has 5 nitrogen and oxygen atoms in total. The first-order valence-corrected chi connectivity index (χ1v) is 11.8. The van der Waals surface area contributed by atoms with E-state index in [0.29, 0.717) is 12.0 Å². The second-order valence-corrected chi connectivity index (χ2v) is 8.79. The number of anilines is 1. The number of nitrogens with zero attached hydrogens (tertiary/aromatic N) is 3. The number of carbonyl (C=O) groups is 1. The summed E-state index contributed by atoms with van der Waals surface area (Å²) in [6.45, 7) is 4.23. The molecule has 1 aliphatic rings. The molecule has 1 N–H and O–H groups in total. The topological polar surface area (TPSA) is 59.4 Å². The maximum absolute atomic E-state index is 12.9. The van der Waals surface area contributed by atoms with Gasteiger partial charge in [-0.05, 0) is 60.5 Å². The van der Waals surface area contributed by atoms with Crippen molar-refractivity contribution in [1.29, 1.82) is 5.26 Å². The number of hydrogen-bond acceptors (Lipinski definition) is 4. The highest BCUT2D eigenvalue weighted by atomic mass is 19.4. The third kappa shape index (κ3) is 6.43. The van der Waals surface area contributed by atoms with Gasteiger partial charge in [0.2, 0.25) is 0 Å². The lowest BCUT2D eigenvalue weighted by molar-refractivity contribution is -0.137. The minimum absolute atomic E-state index is 0.194. The molecule has 0 aromatic heterocycles. The monoisotopic (exact) mass is 492 g/mol. The van der Waals surface area contributed by atoms with Crippen LogP contribution in [-0.2, 0) is 6.18 Å². The van der Waals surface area contributed by atoms with E-state index in [-0.39, 0.29) is 11.6 Å². The number of nitrogens with one attached hydrogen (secondary N) is 1. The number of hydrogen-bond donors (Lipinski definition) is 1. The Balaban J connectivity index is 1.36. The van der Waals surface area contributed by atoms with Gasteiger partial charge in [-0.15, -0.1) is 0 Å². The first-order chi connectivity index (χ1) is 17.3. The minimum atomic E-state index is -4.44. The maximum atomic E-state index is 12.9. The van der Waals surface area contributed by atoms with Crippen molar-refractivity contribution in [2.75, 3.05) is 37.6 Å². The number of rotatable bonds is 7. The number of piperazine rings is 1. The van der Waals surface area contributed by atoms with E-state index < -0.39 is 17.6 Å². The summed E-state index contributed by atoms with van der Waals surface area (Å²) in [5.41, 5.74) is 2.11. The van der Waals surface area contributed by atoms with Crippen LogP contribution in [0.5, 0.6) is 0 Å². The zero-order chi connectivity index (χ0) is 25.5. The van der Waals surface area contributed by atoms with Crippen LogP contribution < -0.4 is 10.2 Å². The molecular weight excluding hydrogens is 465 g/mol. The summed E-state index contributed by atoms with van der Waals surface area (Å²) in [5, 5.41) is 12.0. The fraction of sp³-hybridized carbons (Fsp3) is 0.286. The molecule has 1 fully saturated rings. The van der Waals surface area contributed by atoms with Gasteiger partial charge in [-0.1, -0.05) is 30.3 Å². The molecule has 186 valence electrons. The SMILES string of the molecule is N#Cc1ccc(N2CCN(CCC(NC(=O)c3ccc(C(F)(F)F)cc3)c3ccccc3)CC2)cc1. The van der Waals surface area contributed by atoms with Crippen molar-refractivity contribution in [3.8, 4) is 6.07 Å². The first kappa shape index (κ1) is 25.3. The molecule has 1 unspecified atom stereocenters. The summed E-state index contributed by atoms with van der Waals surface area (Å²) in [7, 11) is 0. The number of halogens is 3. The highest BCUT2D eigenvalue weighted by Gasteiger charge is 2.30. The van der Waals surface area contributed by atoms with Crippen LogP contribution in [-0.4, -0.2) is 43.5 Å². The lowest BCUT2D eigenvalue weighted by Crippen LogP contribution is -2.47. The van der Waals surface area contributed by atoms with Crippen molar-refractivity contribution in [3.63, 3.8) is 0 Å². The van der Waals surface area contributed by atoms with Crippen LogP contribution in [0.25, 0.3) is 0 Å². The summed E-state index contributed by atoms with van der Waals surface area (Å²) in [6, 6.07) is 23.3. The molecule has 0 bridgehead atoms. The molecule has 36 heavy (non-hydrogen) atoms. The summed E-state index contributed by atoms with van der Waals surface area (Å²) < 4.78 is 38.6. The Kier molecular flexibility index (Phi) is 7.91. The average Bonchev–Trinajstić information content (AvgIpc) is 2.91. The van der Waals surface area contributed by atoms with Crippen molar-refractivity contribution in [2.45, 2.75) is 18.6 Å². The summed E-state index contributed by atoms with van der Waals surface area (Å²) >= 11 is 0. The Hall–Kier alpha value is -3.83. The van der Waals surface area contributed by atoms with Gasteiger partial charge in [0.25, 0.3) is 5.91 Å². The molecule has 0 saturated carbocycles. The zero-order valence-corrected chi connectivity index (χ0v) is 19.7. The van der Waals surface area contributed by atoms with Crippen molar-refractivity contribution < 1.29 is 18.0 Å². The number of amides is 1. The summed E-state index contributed by atoms with van der Waals surface area (Å²) in [5.74, 6) is -0.400. The third-order valence-corrected chi connectivity index (χ3v) is 6.45. The highest BCUT2D eigenvalue weighted by Crippen LogP contribution is 2.29. The normalized spacial score (nSPS) is 15.2. The molecule has 1 aliphatic heterocycles. The van der Waals surface area contributed by atoms with Crippen molar-refractivity contribution in [2.24, 2.45) is 0 Å². The Morgan fingerprint density at radius 1 is 0.917 bits per heavy atom. The number of carbonyl (C=O) groups excluding carboxylic acids is 1. The largest absolute Gasteiger partial charge is 0.416 e. The van der Waals surface area contributed by atoms with Gasteiger partial charge in [0, 0.05) is 44.0 Å². The molecular formula is C28H27F3N4O. The number of benzene rings is 3. The van der Waals surface area contributed by atoms with Crippen molar-refractivity contribution >= 4 is 11.6 Å². The Morgan fingerprint density at radius 2 is 1.56 bits per heavy atom. The first-order valence-electron chi connectivity index (χ1n) is 11.8. The summed E-state index contributed by atoms with van der Waals surface area (Å²) in [4.78, 5) is 17.5. The van der Waals surface area contributed by atoms with Gasteiger partial charge in [-0.2, -0.15) is 18.4 Å². The van der Waals surface area contributed by atoms with Crippen LogP contribution in [0.3, 0.4) is 0 Å². The average molecular weight is 493 g/mol. The Morgan fingerprint density at radius 3 is 2.14 bits per heavy atom.